The number of halogens is 1. The second kappa shape index (κ2) is 12.7. The number of carbonyl (C=O) groups is 1. The zero-order valence-corrected chi connectivity index (χ0v) is 25.2. The molecular weight excluding hydrogens is 612 g/mol. The highest BCUT2D eigenvalue weighted by molar-refractivity contribution is 14.1. The number of furan rings is 1. The van der Waals surface area contributed by atoms with Gasteiger partial charge in [-0.15, -0.1) is 0 Å². The molecule has 8 nitrogen and oxygen atoms in total. The number of aryl methyl sites for hydroxylation is 1. The molecule has 0 bridgehead atoms. The van der Waals surface area contributed by atoms with E-state index in [0.29, 0.717) is 45.7 Å². The monoisotopic (exact) mass is 645 g/mol. The first-order valence-electron chi connectivity index (χ1n) is 11.9. The average molecular weight is 646 g/mol. The Morgan fingerprint density at radius 3 is 2.50 bits per heavy atom. The number of sulfonamides is 1. The third kappa shape index (κ3) is 6.76. The van der Waals surface area contributed by atoms with Gasteiger partial charge >= 0.3 is 0 Å². The molecule has 2 heterocycles. The van der Waals surface area contributed by atoms with Crippen molar-refractivity contribution in [3.63, 3.8) is 0 Å². The number of rotatable bonds is 12. The second-order valence-electron chi connectivity index (χ2n) is 8.39. The molecule has 0 saturated carbocycles. The maximum Gasteiger partial charge on any atom is 0.255 e. The minimum atomic E-state index is -3.59. The summed E-state index contributed by atoms with van der Waals surface area (Å²) >= 11 is 2.07. The number of amides is 1. The van der Waals surface area contributed by atoms with Crippen LogP contribution in [0.5, 0.6) is 0 Å². The summed E-state index contributed by atoms with van der Waals surface area (Å²) < 4.78 is 39.1. The quantitative estimate of drug-likeness (QED) is 0.156. The summed E-state index contributed by atoms with van der Waals surface area (Å²) in [7, 11) is -2.51. The van der Waals surface area contributed by atoms with Gasteiger partial charge in [-0.25, -0.2) is 8.42 Å². The highest BCUT2D eigenvalue weighted by atomic mass is 127. The number of fused-ring (bicyclic) bond motifs is 1. The SMILES string of the molecule is CCOP(C)CCCCN(c1nc2oc(-c3ccc(CC)cc3)c(C(=O)NC)c2cc1I)S(C)(=O)=O. The van der Waals surface area contributed by atoms with Crippen LogP contribution < -0.4 is 9.62 Å². The Morgan fingerprint density at radius 2 is 1.92 bits per heavy atom. The molecule has 0 aliphatic carbocycles. The van der Waals surface area contributed by atoms with Gasteiger partial charge in [0.15, 0.2) is 5.82 Å². The summed E-state index contributed by atoms with van der Waals surface area (Å²) in [4.78, 5) is 17.5. The van der Waals surface area contributed by atoms with Crippen molar-refractivity contribution in [1.82, 2.24) is 10.3 Å². The summed E-state index contributed by atoms with van der Waals surface area (Å²) in [5.74, 6) is 0.420. The third-order valence-corrected chi connectivity index (χ3v) is 9.36. The molecule has 1 aromatic carbocycles. The van der Waals surface area contributed by atoms with Gasteiger partial charge in [-0.2, -0.15) is 4.98 Å². The Hall–Kier alpha value is -1.75. The zero-order valence-electron chi connectivity index (χ0n) is 21.3. The van der Waals surface area contributed by atoms with Crippen molar-refractivity contribution in [3.05, 3.63) is 45.0 Å². The van der Waals surface area contributed by atoms with Gasteiger partial charge in [0.2, 0.25) is 15.7 Å². The van der Waals surface area contributed by atoms with Crippen molar-refractivity contribution in [2.45, 2.75) is 33.1 Å². The van der Waals surface area contributed by atoms with Crippen molar-refractivity contribution in [3.8, 4) is 11.3 Å². The minimum absolute atomic E-state index is 0.223. The van der Waals surface area contributed by atoms with Gasteiger partial charge in [-0.05, 0) is 73.2 Å². The van der Waals surface area contributed by atoms with Crippen LogP contribution in [0.2, 0.25) is 0 Å². The molecular formula is C25H33IN3O5PS. The van der Waals surface area contributed by atoms with E-state index in [2.05, 4.69) is 46.5 Å². The van der Waals surface area contributed by atoms with E-state index in [0.717, 1.165) is 24.6 Å². The Morgan fingerprint density at radius 1 is 1.22 bits per heavy atom. The lowest BCUT2D eigenvalue weighted by Gasteiger charge is -2.22. The van der Waals surface area contributed by atoms with Crippen molar-refractivity contribution >= 4 is 63.6 Å². The molecule has 0 fully saturated rings. The number of anilines is 1. The molecule has 0 saturated heterocycles. The zero-order chi connectivity index (χ0) is 26.5. The first-order valence-corrected chi connectivity index (χ1v) is 16.7. The van der Waals surface area contributed by atoms with E-state index in [1.165, 1.54) is 16.1 Å². The summed E-state index contributed by atoms with van der Waals surface area (Å²) in [6.45, 7) is 7.12. The fourth-order valence-electron chi connectivity index (χ4n) is 3.91. The van der Waals surface area contributed by atoms with Gasteiger partial charge in [-0.1, -0.05) is 31.2 Å². The number of hydrogen-bond donors (Lipinski definition) is 1. The molecule has 36 heavy (non-hydrogen) atoms. The average Bonchev–Trinajstić information content (AvgIpc) is 3.20. The van der Waals surface area contributed by atoms with Crippen LogP contribution in [0.1, 0.15) is 42.6 Å². The smallest absolute Gasteiger partial charge is 0.255 e. The number of carbonyl (C=O) groups excluding carboxylic acids is 1. The molecule has 2 aromatic heterocycles. The van der Waals surface area contributed by atoms with Gasteiger partial charge < -0.3 is 14.3 Å². The first-order chi connectivity index (χ1) is 17.1. The molecule has 3 aromatic rings. The number of nitrogens with zero attached hydrogens (tertiary/aromatic N) is 2. The molecule has 0 aliphatic rings. The van der Waals surface area contributed by atoms with Crippen LogP contribution in [0, 0.1) is 3.57 Å². The van der Waals surface area contributed by atoms with Gasteiger partial charge in [-0.3, -0.25) is 9.10 Å². The van der Waals surface area contributed by atoms with E-state index in [9.17, 15) is 13.2 Å². The molecule has 11 heteroatoms. The van der Waals surface area contributed by atoms with E-state index in [-0.39, 0.29) is 11.6 Å². The number of unbranched alkanes of at least 4 members (excludes halogenated alkanes) is 1. The lowest BCUT2D eigenvalue weighted by atomic mass is 10.0. The van der Waals surface area contributed by atoms with E-state index in [1.54, 1.807) is 13.1 Å². The standard InChI is InChI=1S/C25H33IN3O5PS/c1-6-17-10-12-18(13-11-17)22-21(24(30)27-3)19-16-20(26)23(28-25(19)34-22)29(36(5,31)32)14-8-9-15-35(4)33-7-2/h10-13,16H,6-9,14-15H2,1-5H3,(H,27,30). The summed E-state index contributed by atoms with van der Waals surface area (Å²) in [6, 6.07) is 9.61. The molecule has 0 aliphatic heterocycles. The Bertz CT molecular complexity index is 1310. The second-order valence-corrected chi connectivity index (χ2v) is 13.4. The highest BCUT2D eigenvalue weighted by Gasteiger charge is 2.27. The lowest BCUT2D eigenvalue weighted by molar-refractivity contribution is 0.0964. The summed E-state index contributed by atoms with van der Waals surface area (Å²) in [6.07, 6.45) is 4.53. The van der Waals surface area contributed by atoms with Crippen molar-refractivity contribution < 1.29 is 22.2 Å². The number of benzene rings is 1. The van der Waals surface area contributed by atoms with E-state index in [1.807, 2.05) is 31.2 Å². The normalized spacial score (nSPS) is 12.6. The number of hydrogen-bond acceptors (Lipinski definition) is 6. The predicted octanol–water partition coefficient (Wildman–Crippen LogP) is 5.63. The lowest BCUT2D eigenvalue weighted by Crippen LogP contribution is -2.32. The summed E-state index contributed by atoms with van der Waals surface area (Å²) in [5.41, 5.74) is 2.53. The third-order valence-electron chi connectivity index (χ3n) is 5.77. The van der Waals surface area contributed by atoms with E-state index >= 15 is 0 Å². The molecule has 1 unspecified atom stereocenters. The number of nitrogens with one attached hydrogen (secondary N) is 1. The van der Waals surface area contributed by atoms with Crippen LogP contribution in [0.15, 0.2) is 34.7 Å². The van der Waals surface area contributed by atoms with Gasteiger partial charge in [0.05, 0.1) is 20.8 Å². The topological polar surface area (TPSA) is 102 Å². The Balaban J connectivity index is 2.02. The Labute approximate surface area is 228 Å². The van der Waals surface area contributed by atoms with Gasteiger partial charge in [0, 0.05) is 33.9 Å². The maximum absolute atomic E-state index is 12.9. The van der Waals surface area contributed by atoms with E-state index < -0.39 is 18.2 Å². The molecule has 196 valence electrons. The molecule has 0 radical (unpaired) electrons. The number of pyridine rings is 1. The first kappa shape index (κ1) is 28.8. The van der Waals surface area contributed by atoms with Crippen LogP contribution in [0.4, 0.5) is 5.82 Å². The van der Waals surface area contributed by atoms with Gasteiger partial charge in [0.1, 0.15) is 5.76 Å². The molecule has 3 rings (SSSR count). The van der Waals surface area contributed by atoms with Crippen molar-refractivity contribution in [2.24, 2.45) is 0 Å². The van der Waals surface area contributed by atoms with Crippen molar-refractivity contribution in [1.29, 1.82) is 0 Å². The number of aromatic nitrogens is 1. The highest BCUT2D eigenvalue weighted by Crippen LogP contribution is 2.37. The fraction of sp³-hybridized carbons (Fsp3) is 0.440. The van der Waals surface area contributed by atoms with Crippen molar-refractivity contribution in [2.75, 3.05) is 43.6 Å². The van der Waals surface area contributed by atoms with Crippen LogP contribution in [-0.2, 0) is 21.0 Å². The minimum Gasteiger partial charge on any atom is -0.437 e. The molecule has 1 N–H and O–H groups in total. The predicted molar refractivity (Wildman–Crippen MR) is 156 cm³/mol. The molecule has 1 atom stereocenters. The van der Waals surface area contributed by atoms with Crippen LogP contribution in [-0.4, -0.2) is 58.6 Å². The van der Waals surface area contributed by atoms with Crippen LogP contribution in [0.3, 0.4) is 0 Å². The fourth-order valence-corrected chi connectivity index (χ4v) is 6.95. The van der Waals surface area contributed by atoms with Crippen LogP contribution in [0.25, 0.3) is 22.4 Å². The Kier molecular flexibility index (Phi) is 10.1. The molecule has 0 spiro atoms. The maximum atomic E-state index is 12.9. The molecule has 1 amide bonds. The van der Waals surface area contributed by atoms with E-state index in [4.69, 9.17) is 8.94 Å². The van der Waals surface area contributed by atoms with Crippen LogP contribution >= 0.6 is 30.7 Å². The van der Waals surface area contributed by atoms with Gasteiger partial charge in [0.25, 0.3) is 5.91 Å². The summed E-state index contributed by atoms with van der Waals surface area (Å²) in [5, 5.41) is 3.22. The largest absolute Gasteiger partial charge is 0.437 e.